The molecule has 1 aliphatic heterocycles. The van der Waals surface area contributed by atoms with Gasteiger partial charge in [-0.05, 0) is 174 Å². The average Bonchev–Trinajstić information content (AvgIpc) is 3.24. The van der Waals surface area contributed by atoms with E-state index >= 15 is 0 Å². The quantitative estimate of drug-likeness (QED) is 0.0966. The highest BCUT2D eigenvalue weighted by molar-refractivity contribution is 5.96. The van der Waals surface area contributed by atoms with E-state index in [1.54, 1.807) is 0 Å². The third-order valence-corrected chi connectivity index (χ3v) is 15.7. The molecule has 3 unspecified atom stereocenters. The van der Waals surface area contributed by atoms with Gasteiger partial charge < -0.3 is 23.7 Å². The molecule has 59 heavy (non-hydrogen) atoms. The Balaban J connectivity index is 0.820. The van der Waals surface area contributed by atoms with Crippen LogP contribution in [0.25, 0.3) is 32.3 Å². The van der Waals surface area contributed by atoms with Crippen LogP contribution in [0.5, 0.6) is 23.0 Å². The molecular formula is C54H56O5. The van der Waals surface area contributed by atoms with Gasteiger partial charge >= 0.3 is 0 Å². The van der Waals surface area contributed by atoms with Crippen LogP contribution in [0.2, 0.25) is 0 Å². The Hall–Kier alpha value is -4.58. The topological polar surface area (TPSA) is 46.2 Å². The van der Waals surface area contributed by atoms with Crippen LogP contribution >= 0.6 is 0 Å². The van der Waals surface area contributed by atoms with Gasteiger partial charge in [0.05, 0.1) is 12.2 Å². The van der Waals surface area contributed by atoms with Crippen molar-refractivity contribution in [3.63, 3.8) is 0 Å². The number of benzene rings is 6. The lowest BCUT2D eigenvalue weighted by atomic mass is 9.54. The summed E-state index contributed by atoms with van der Waals surface area (Å²) in [4.78, 5) is 0. The number of rotatable bonds is 11. The first-order chi connectivity index (χ1) is 29.1. The third kappa shape index (κ3) is 6.87. The summed E-state index contributed by atoms with van der Waals surface area (Å²) in [5.41, 5.74) is 3.64. The van der Waals surface area contributed by atoms with Gasteiger partial charge in [-0.3, -0.25) is 0 Å². The Labute approximate surface area is 348 Å². The second-order valence-corrected chi connectivity index (χ2v) is 19.6. The summed E-state index contributed by atoms with van der Waals surface area (Å²) in [6.45, 7) is 1.36. The largest absolute Gasteiger partial charge is 0.468 e. The van der Waals surface area contributed by atoms with Gasteiger partial charge in [-0.25, -0.2) is 0 Å². The highest BCUT2D eigenvalue weighted by atomic mass is 16.7. The second-order valence-electron chi connectivity index (χ2n) is 19.6. The predicted molar refractivity (Wildman–Crippen MR) is 235 cm³/mol. The van der Waals surface area contributed by atoms with E-state index in [0.717, 1.165) is 82.3 Å². The molecule has 6 aromatic rings. The molecule has 6 bridgehead atoms. The summed E-state index contributed by atoms with van der Waals surface area (Å²) >= 11 is 0. The molecule has 5 nitrogen and oxygen atoms in total. The highest BCUT2D eigenvalue weighted by Crippen LogP contribution is 2.57. The van der Waals surface area contributed by atoms with Gasteiger partial charge in [0, 0.05) is 17.0 Å². The van der Waals surface area contributed by atoms with Crippen LogP contribution < -0.4 is 14.2 Å². The second kappa shape index (κ2) is 14.9. The lowest BCUT2D eigenvalue weighted by molar-refractivity contribution is -0.190. The first kappa shape index (κ1) is 36.3. The fourth-order valence-electron chi connectivity index (χ4n) is 13.5. The number of fused-ring (bicyclic) bond motifs is 9. The van der Waals surface area contributed by atoms with Gasteiger partial charge in [0.25, 0.3) is 0 Å². The van der Waals surface area contributed by atoms with Crippen LogP contribution in [0, 0.1) is 35.5 Å². The van der Waals surface area contributed by atoms with E-state index in [1.165, 1.54) is 115 Å². The van der Waals surface area contributed by atoms with E-state index < -0.39 is 0 Å². The molecule has 302 valence electrons. The number of hydrogen-bond acceptors (Lipinski definition) is 5. The Kier molecular flexibility index (Phi) is 9.13. The average molecular weight is 785 g/mol. The molecule has 13 rings (SSSR count). The molecule has 6 aromatic carbocycles. The Morgan fingerprint density at radius 2 is 1.14 bits per heavy atom. The van der Waals surface area contributed by atoms with Crippen molar-refractivity contribution in [3.8, 4) is 23.0 Å². The summed E-state index contributed by atoms with van der Waals surface area (Å²) in [7, 11) is 0. The lowest BCUT2D eigenvalue weighted by Crippen LogP contribution is -2.52. The maximum atomic E-state index is 6.84. The van der Waals surface area contributed by atoms with Gasteiger partial charge in [0.2, 0.25) is 0 Å². The molecule has 7 aliphatic rings. The van der Waals surface area contributed by atoms with Crippen LogP contribution in [0.3, 0.4) is 0 Å². The molecule has 0 amide bonds. The highest BCUT2D eigenvalue weighted by Gasteiger charge is 2.52. The molecule has 6 saturated carbocycles. The third-order valence-electron chi connectivity index (χ3n) is 15.7. The van der Waals surface area contributed by atoms with Crippen LogP contribution in [0.15, 0.2) is 103 Å². The van der Waals surface area contributed by atoms with Gasteiger partial charge in [0.15, 0.2) is 13.6 Å². The van der Waals surface area contributed by atoms with Gasteiger partial charge in [-0.15, -0.1) is 0 Å². The predicted octanol–water partition coefficient (Wildman–Crippen LogP) is 13.7. The summed E-state index contributed by atoms with van der Waals surface area (Å²) < 4.78 is 32.2. The van der Waals surface area contributed by atoms with Crippen molar-refractivity contribution < 1.29 is 23.7 Å². The zero-order chi connectivity index (χ0) is 38.9. The zero-order valence-corrected chi connectivity index (χ0v) is 34.2. The first-order valence-electron chi connectivity index (χ1n) is 22.9. The molecule has 5 heteroatoms. The monoisotopic (exact) mass is 784 g/mol. The van der Waals surface area contributed by atoms with Crippen molar-refractivity contribution >= 4 is 32.3 Å². The SMILES string of the molecule is c1ccc2cc(C3c4c(ccc5cc(OCOCCC6CC7CCCC(C7)C6)ccc45)Oc4ccc5cc(OCOC67CC8CC(CC(C8)C6)C7)ccc5c43)ccc2c1. The van der Waals surface area contributed by atoms with Gasteiger partial charge in [0.1, 0.15) is 23.0 Å². The number of ether oxygens (including phenoxy) is 5. The van der Waals surface area contributed by atoms with Crippen molar-refractivity contribution in [2.24, 2.45) is 35.5 Å². The Morgan fingerprint density at radius 1 is 0.542 bits per heavy atom. The molecule has 0 N–H and O–H groups in total. The summed E-state index contributed by atoms with van der Waals surface area (Å²) in [6, 6.07) is 37.2. The Morgan fingerprint density at radius 3 is 1.80 bits per heavy atom. The first-order valence-corrected chi connectivity index (χ1v) is 22.9. The van der Waals surface area contributed by atoms with Crippen LogP contribution in [-0.4, -0.2) is 25.8 Å². The summed E-state index contributed by atoms with van der Waals surface area (Å²) in [6.07, 6.45) is 17.6. The molecule has 0 spiro atoms. The van der Waals surface area contributed by atoms with E-state index in [9.17, 15) is 0 Å². The molecule has 0 aromatic heterocycles. The molecule has 0 radical (unpaired) electrons. The smallest absolute Gasteiger partial charge is 0.189 e. The normalized spacial score (nSPS) is 29.0. The van der Waals surface area contributed by atoms with Gasteiger partial charge in [-0.1, -0.05) is 86.0 Å². The maximum absolute atomic E-state index is 6.84. The maximum Gasteiger partial charge on any atom is 0.189 e. The summed E-state index contributed by atoms with van der Waals surface area (Å²) in [5.74, 6) is 8.70. The fourth-order valence-corrected chi connectivity index (χ4v) is 13.5. The van der Waals surface area contributed by atoms with Crippen molar-refractivity contribution in [2.75, 3.05) is 20.2 Å². The molecule has 6 fully saturated rings. The van der Waals surface area contributed by atoms with E-state index in [4.69, 9.17) is 23.7 Å². The minimum Gasteiger partial charge on any atom is -0.468 e. The molecule has 1 heterocycles. The van der Waals surface area contributed by atoms with Crippen molar-refractivity contribution in [2.45, 2.75) is 95.0 Å². The van der Waals surface area contributed by atoms with Crippen LogP contribution in [0.1, 0.15) is 106 Å². The van der Waals surface area contributed by atoms with Crippen molar-refractivity contribution in [3.05, 3.63) is 120 Å². The minimum absolute atomic E-state index is 0.0272. The molecular weight excluding hydrogens is 729 g/mol. The van der Waals surface area contributed by atoms with E-state index in [1.807, 2.05) is 0 Å². The van der Waals surface area contributed by atoms with Crippen molar-refractivity contribution in [1.29, 1.82) is 0 Å². The van der Waals surface area contributed by atoms with E-state index in [-0.39, 0.29) is 18.3 Å². The fraction of sp³-hybridized carbons (Fsp3) is 0.444. The molecule has 6 aliphatic carbocycles. The summed E-state index contributed by atoms with van der Waals surface area (Å²) in [5, 5.41) is 7.07. The van der Waals surface area contributed by atoms with Crippen LogP contribution in [0.4, 0.5) is 0 Å². The number of hydrogen-bond donors (Lipinski definition) is 0. The standard InChI is InChI=1S/C54H56O5/c1-2-7-41-26-44(9-8-40(41)6-1)51-52-47-14-12-45(56-32-55-19-18-36-21-34-4-3-5-35(20-34)22-36)27-42(47)10-16-49(52)59-50-17-11-43-28-46(13-15-48(43)53(50)51)57-33-58-54-29-37-23-38(30-54)25-39(24-37)31-54/h1-2,6-17,26-28,34-39,51H,3-5,18-25,29-33H2. The molecule has 0 saturated heterocycles. The zero-order valence-electron chi connectivity index (χ0n) is 34.2. The van der Waals surface area contributed by atoms with Crippen LogP contribution in [-0.2, 0) is 9.47 Å². The van der Waals surface area contributed by atoms with E-state index in [0.29, 0.717) is 6.79 Å². The van der Waals surface area contributed by atoms with Crippen molar-refractivity contribution in [1.82, 2.24) is 0 Å². The minimum atomic E-state index is -0.0497. The lowest BCUT2D eigenvalue weighted by Gasteiger charge is -2.56. The van der Waals surface area contributed by atoms with Gasteiger partial charge in [-0.2, -0.15) is 0 Å². The van der Waals surface area contributed by atoms with E-state index in [2.05, 4.69) is 103 Å². The Bertz CT molecular complexity index is 2490. The molecule has 3 atom stereocenters.